The van der Waals surface area contributed by atoms with Crippen molar-refractivity contribution in [2.24, 2.45) is 22.7 Å². The number of ether oxygens (including phenoxy) is 1. The van der Waals surface area contributed by atoms with Crippen molar-refractivity contribution < 1.29 is 24.5 Å². The summed E-state index contributed by atoms with van der Waals surface area (Å²) in [6.07, 6.45) is 7.17. The van der Waals surface area contributed by atoms with Crippen LogP contribution in [-0.4, -0.2) is 39.3 Å². The zero-order chi connectivity index (χ0) is 19.7. The van der Waals surface area contributed by atoms with Gasteiger partial charge in [0.25, 0.3) is 0 Å². The SMILES string of the molecule is C[C@]12CCC(=O)C=C1C1=C(C1)C1C3CC[C@@](O)(CCC(=O)O)[C@@]3(C)C[C@H]3O[C@@]132. The number of carboxylic acid groups (broad SMARTS) is 1. The molecule has 1 heterocycles. The summed E-state index contributed by atoms with van der Waals surface area (Å²) in [5, 5.41) is 20.7. The highest BCUT2D eigenvalue weighted by Crippen LogP contribution is 2.80. The van der Waals surface area contributed by atoms with Crippen LogP contribution in [0.2, 0.25) is 0 Å². The van der Waals surface area contributed by atoms with Crippen molar-refractivity contribution in [1.29, 1.82) is 0 Å². The first-order chi connectivity index (χ1) is 13.2. The maximum Gasteiger partial charge on any atom is 0.303 e. The van der Waals surface area contributed by atoms with Crippen molar-refractivity contribution in [2.75, 3.05) is 0 Å². The number of carboxylic acids is 1. The Morgan fingerprint density at radius 1 is 1.32 bits per heavy atom. The minimum atomic E-state index is -0.927. The number of ketones is 1. The van der Waals surface area contributed by atoms with Crippen molar-refractivity contribution in [3.05, 3.63) is 22.8 Å². The van der Waals surface area contributed by atoms with Gasteiger partial charge in [0, 0.05) is 29.6 Å². The average molecular weight is 384 g/mol. The molecule has 7 atom stereocenters. The van der Waals surface area contributed by atoms with Gasteiger partial charge in [0.15, 0.2) is 5.78 Å². The van der Waals surface area contributed by atoms with E-state index in [0.29, 0.717) is 31.1 Å². The van der Waals surface area contributed by atoms with Gasteiger partial charge in [0.2, 0.25) is 0 Å². The lowest BCUT2D eigenvalue weighted by molar-refractivity contribution is -0.142. The van der Waals surface area contributed by atoms with Gasteiger partial charge in [-0.2, -0.15) is 0 Å². The van der Waals surface area contributed by atoms with Gasteiger partial charge < -0.3 is 14.9 Å². The maximum atomic E-state index is 12.1. The Morgan fingerprint density at radius 2 is 2.11 bits per heavy atom. The summed E-state index contributed by atoms with van der Waals surface area (Å²) < 4.78 is 6.58. The van der Waals surface area contributed by atoms with Gasteiger partial charge in [0.05, 0.1) is 11.7 Å². The molecular weight excluding hydrogens is 356 g/mol. The molecule has 1 aliphatic heterocycles. The topological polar surface area (TPSA) is 87.1 Å². The minimum absolute atomic E-state index is 0.0147. The first-order valence-corrected chi connectivity index (χ1v) is 10.8. The quantitative estimate of drug-likeness (QED) is 0.730. The van der Waals surface area contributed by atoms with Crippen LogP contribution in [0.3, 0.4) is 0 Å². The van der Waals surface area contributed by atoms with Gasteiger partial charge in [-0.05, 0) is 61.7 Å². The lowest BCUT2D eigenvalue weighted by atomic mass is 9.47. The highest BCUT2D eigenvalue weighted by Gasteiger charge is 2.82. The average Bonchev–Trinajstić information content (AvgIpc) is 3.52. The Balaban J connectivity index is 1.44. The molecule has 5 aliphatic carbocycles. The van der Waals surface area contributed by atoms with Gasteiger partial charge >= 0.3 is 5.97 Å². The fourth-order valence-electron chi connectivity index (χ4n) is 8.06. The monoisotopic (exact) mass is 384 g/mol. The van der Waals surface area contributed by atoms with E-state index in [1.165, 1.54) is 16.7 Å². The molecule has 6 rings (SSSR count). The molecule has 2 saturated carbocycles. The second-order valence-electron chi connectivity index (χ2n) is 10.6. The number of rotatable bonds is 3. The van der Waals surface area contributed by atoms with Crippen LogP contribution in [-0.2, 0) is 14.3 Å². The van der Waals surface area contributed by atoms with Gasteiger partial charge in [-0.3, -0.25) is 9.59 Å². The number of hydrogen-bond donors (Lipinski definition) is 2. The van der Waals surface area contributed by atoms with E-state index < -0.39 is 11.6 Å². The molecule has 1 spiro atoms. The fourth-order valence-corrected chi connectivity index (χ4v) is 8.06. The second kappa shape index (κ2) is 4.81. The van der Waals surface area contributed by atoms with Crippen molar-refractivity contribution in [3.63, 3.8) is 0 Å². The highest BCUT2D eigenvalue weighted by atomic mass is 16.6. The van der Waals surface area contributed by atoms with E-state index >= 15 is 0 Å². The molecule has 0 amide bonds. The smallest absolute Gasteiger partial charge is 0.303 e. The molecule has 150 valence electrons. The summed E-state index contributed by atoms with van der Waals surface area (Å²) in [6, 6.07) is 0. The lowest BCUT2D eigenvalue weighted by Crippen LogP contribution is -2.59. The number of fused-ring (bicyclic) bond motifs is 5. The summed E-state index contributed by atoms with van der Waals surface area (Å²) in [4.78, 5) is 23.3. The Bertz CT molecular complexity index is 901. The predicted octanol–water partition coefficient (Wildman–Crippen LogP) is 3.17. The minimum Gasteiger partial charge on any atom is -0.481 e. The van der Waals surface area contributed by atoms with Crippen LogP contribution >= 0.6 is 0 Å². The molecule has 2 N–H and O–H groups in total. The molecule has 0 aromatic heterocycles. The van der Waals surface area contributed by atoms with E-state index in [9.17, 15) is 19.8 Å². The van der Waals surface area contributed by atoms with Crippen LogP contribution in [0.15, 0.2) is 22.8 Å². The molecule has 6 aliphatic rings. The predicted molar refractivity (Wildman–Crippen MR) is 100 cm³/mol. The number of hydrogen-bond acceptors (Lipinski definition) is 4. The largest absolute Gasteiger partial charge is 0.481 e. The van der Waals surface area contributed by atoms with E-state index in [-0.39, 0.29) is 34.7 Å². The van der Waals surface area contributed by atoms with Crippen molar-refractivity contribution in [2.45, 2.75) is 82.5 Å². The van der Waals surface area contributed by atoms with E-state index in [0.717, 1.165) is 25.7 Å². The molecule has 0 radical (unpaired) electrons. The standard InChI is InChI=1S/C23H28O5/c1-20-6-3-12(24)9-16(20)13-10-14(13)19-15-4-7-22(27,8-5-18(25)26)21(15,2)11-17-23(19,20)28-17/h9,15,17,19,27H,3-8,10-11H2,1-2H3,(H,25,26)/t15?,17-,19?,20+,21+,22-,23-/m1/s1. The van der Waals surface area contributed by atoms with Gasteiger partial charge in [-0.15, -0.1) is 0 Å². The van der Waals surface area contributed by atoms with Gasteiger partial charge in [-0.1, -0.05) is 19.4 Å². The summed E-state index contributed by atoms with van der Waals surface area (Å²) in [5.41, 5.74) is 2.53. The number of aliphatic hydroxyl groups is 1. The Labute approximate surface area is 164 Å². The number of carbonyl (C=O) groups excluding carboxylic acids is 1. The van der Waals surface area contributed by atoms with Crippen molar-refractivity contribution in [3.8, 4) is 0 Å². The Morgan fingerprint density at radius 3 is 2.86 bits per heavy atom. The van der Waals surface area contributed by atoms with Gasteiger partial charge in [0.1, 0.15) is 5.60 Å². The van der Waals surface area contributed by atoms with Crippen LogP contribution in [0.25, 0.3) is 0 Å². The third kappa shape index (κ3) is 1.73. The molecule has 1 saturated heterocycles. The normalized spacial score (nSPS) is 52.8. The summed E-state index contributed by atoms with van der Waals surface area (Å²) in [7, 11) is 0. The fraction of sp³-hybridized carbons (Fsp3) is 0.739. The molecule has 3 fully saturated rings. The van der Waals surface area contributed by atoms with Crippen LogP contribution in [0.1, 0.15) is 65.2 Å². The van der Waals surface area contributed by atoms with Crippen molar-refractivity contribution >= 4 is 11.8 Å². The van der Waals surface area contributed by atoms with Crippen LogP contribution in [0, 0.1) is 22.7 Å². The highest BCUT2D eigenvalue weighted by molar-refractivity contribution is 5.93. The third-order valence-corrected chi connectivity index (χ3v) is 9.70. The third-order valence-electron chi connectivity index (χ3n) is 9.70. The number of carbonyl (C=O) groups is 2. The van der Waals surface area contributed by atoms with E-state index in [1.54, 1.807) is 0 Å². The molecule has 5 nitrogen and oxygen atoms in total. The first kappa shape index (κ1) is 17.4. The zero-order valence-electron chi connectivity index (χ0n) is 16.6. The lowest BCUT2D eigenvalue weighted by Gasteiger charge is -2.54. The molecule has 2 unspecified atom stereocenters. The molecule has 0 bridgehead atoms. The van der Waals surface area contributed by atoms with Crippen LogP contribution < -0.4 is 0 Å². The molecule has 28 heavy (non-hydrogen) atoms. The summed E-state index contributed by atoms with van der Waals surface area (Å²) in [6.45, 7) is 4.48. The Hall–Kier alpha value is -1.46. The first-order valence-electron chi connectivity index (χ1n) is 10.8. The summed E-state index contributed by atoms with van der Waals surface area (Å²) >= 11 is 0. The number of epoxide rings is 1. The van der Waals surface area contributed by atoms with E-state index in [4.69, 9.17) is 4.74 Å². The Kier molecular flexibility index (Phi) is 2.99. The summed E-state index contributed by atoms with van der Waals surface area (Å²) in [5.74, 6) is 0.0455. The van der Waals surface area contributed by atoms with Gasteiger partial charge in [-0.25, -0.2) is 0 Å². The van der Waals surface area contributed by atoms with E-state index in [2.05, 4.69) is 13.8 Å². The molecule has 5 heteroatoms. The molecule has 0 aromatic rings. The van der Waals surface area contributed by atoms with Crippen LogP contribution in [0.5, 0.6) is 0 Å². The second-order valence-corrected chi connectivity index (χ2v) is 10.6. The maximum absolute atomic E-state index is 12.1. The number of aliphatic carboxylic acids is 1. The zero-order valence-corrected chi connectivity index (χ0v) is 16.6. The molecular formula is C23H28O5. The van der Waals surface area contributed by atoms with E-state index in [1.807, 2.05) is 6.08 Å². The number of allylic oxidation sites excluding steroid dienone is 2. The molecule has 0 aromatic carbocycles. The van der Waals surface area contributed by atoms with Crippen molar-refractivity contribution in [1.82, 2.24) is 0 Å². The van der Waals surface area contributed by atoms with Crippen LogP contribution in [0.4, 0.5) is 0 Å².